The molecule has 0 unspecified atom stereocenters. The summed E-state index contributed by atoms with van der Waals surface area (Å²) in [4.78, 5) is 26.6. The lowest BCUT2D eigenvalue weighted by Crippen LogP contribution is -2.30. The fourth-order valence-corrected chi connectivity index (χ4v) is 3.88. The molecule has 0 bridgehead atoms. The molecule has 4 rings (SSSR count). The number of benzene rings is 3. The fraction of sp³-hybridized carbons (Fsp3) is 0.172. The number of rotatable bonds is 10. The molecule has 0 aliphatic carbocycles. The number of allylic oxidation sites excluding steroid dienone is 1. The Labute approximate surface area is 209 Å². The monoisotopic (exact) mass is 486 g/mol. The molecule has 0 aromatic heterocycles. The van der Waals surface area contributed by atoms with Crippen molar-refractivity contribution in [2.75, 3.05) is 6.61 Å². The van der Waals surface area contributed by atoms with E-state index in [0.717, 1.165) is 16.7 Å². The smallest absolute Gasteiger partial charge is 0.329 e. The van der Waals surface area contributed by atoms with Gasteiger partial charge in [-0.05, 0) is 60.4 Å². The first-order valence-corrected chi connectivity index (χ1v) is 11.6. The van der Waals surface area contributed by atoms with E-state index in [-0.39, 0.29) is 24.7 Å². The SMILES string of the molecule is C=CCc1cc(/C=C2/NC(=O)N(Cc3ccccc3)C2=O)cc(OCC)c1OCc1ccc(F)cc1. The fourth-order valence-electron chi connectivity index (χ4n) is 3.88. The van der Waals surface area contributed by atoms with Crippen molar-refractivity contribution in [3.05, 3.63) is 113 Å². The van der Waals surface area contributed by atoms with E-state index >= 15 is 0 Å². The molecule has 6 nitrogen and oxygen atoms in total. The molecule has 1 N–H and O–H groups in total. The lowest BCUT2D eigenvalue weighted by molar-refractivity contribution is -0.123. The molecular weight excluding hydrogens is 459 g/mol. The number of carbonyl (C=O) groups excluding carboxylic acids is 2. The molecular formula is C29H27FN2O4. The van der Waals surface area contributed by atoms with Crippen molar-refractivity contribution < 1.29 is 23.5 Å². The minimum atomic E-state index is -0.467. The minimum Gasteiger partial charge on any atom is -0.490 e. The highest BCUT2D eigenvalue weighted by molar-refractivity contribution is 6.13. The van der Waals surface area contributed by atoms with E-state index in [1.54, 1.807) is 30.4 Å². The maximum atomic E-state index is 13.2. The zero-order chi connectivity index (χ0) is 25.5. The molecule has 3 aromatic carbocycles. The average molecular weight is 487 g/mol. The molecule has 0 radical (unpaired) electrons. The first-order chi connectivity index (χ1) is 17.5. The van der Waals surface area contributed by atoms with Crippen LogP contribution < -0.4 is 14.8 Å². The zero-order valence-electron chi connectivity index (χ0n) is 20.0. The maximum absolute atomic E-state index is 13.2. The number of hydrogen-bond acceptors (Lipinski definition) is 4. The molecule has 7 heteroatoms. The lowest BCUT2D eigenvalue weighted by atomic mass is 10.0. The molecule has 0 atom stereocenters. The van der Waals surface area contributed by atoms with Gasteiger partial charge in [0.2, 0.25) is 0 Å². The summed E-state index contributed by atoms with van der Waals surface area (Å²) in [7, 11) is 0. The van der Waals surface area contributed by atoms with Crippen LogP contribution in [-0.2, 0) is 24.4 Å². The van der Waals surface area contributed by atoms with Gasteiger partial charge in [0.15, 0.2) is 11.5 Å². The second kappa shape index (κ2) is 11.4. The average Bonchev–Trinajstić information content (AvgIpc) is 3.13. The third-order valence-electron chi connectivity index (χ3n) is 5.57. The Morgan fingerprint density at radius 1 is 1.00 bits per heavy atom. The number of amides is 3. The summed E-state index contributed by atoms with van der Waals surface area (Å²) in [5.74, 6) is 0.345. The Hall–Kier alpha value is -4.39. The second-order valence-corrected chi connectivity index (χ2v) is 8.21. The van der Waals surface area contributed by atoms with Crippen LogP contribution in [0.15, 0.2) is 85.1 Å². The van der Waals surface area contributed by atoms with Crippen molar-refractivity contribution in [3.8, 4) is 11.5 Å². The van der Waals surface area contributed by atoms with E-state index < -0.39 is 11.9 Å². The van der Waals surface area contributed by atoms with Crippen LogP contribution in [0.5, 0.6) is 11.5 Å². The van der Waals surface area contributed by atoms with E-state index in [4.69, 9.17) is 9.47 Å². The van der Waals surface area contributed by atoms with Crippen molar-refractivity contribution in [3.63, 3.8) is 0 Å². The van der Waals surface area contributed by atoms with E-state index in [0.29, 0.717) is 30.1 Å². The predicted octanol–water partition coefficient (Wildman–Crippen LogP) is 5.62. The van der Waals surface area contributed by atoms with E-state index in [9.17, 15) is 14.0 Å². The van der Waals surface area contributed by atoms with Gasteiger partial charge in [0.1, 0.15) is 18.1 Å². The molecule has 184 valence electrons. The number of urea groups is 1. The molecule has 0 spiro atoms. The number of carbonyl (C=O) groups is 2. The quantitative estimate of drug-likeness (QED) is 0.229. The molecule has 0 saturated carbocycles. The van der Waals surface area contributed by atoms with E-state index in [1.807, 2.05) is 43.3 Å². The maximum Gasteiger partial charge on any atom is 0.329 e. The van der Waals surface area contributed by atoms with Crippen LogP contribution in [0.2, 0.25) is 0 Å². The summed E-state index contributed by atoms with van der Waals surface area (Å²) >= 11 is 0. The normalized spacial score (nSPS) is 14.2. The van der Waals surface area contributed by atoms with Crippen LogP contribution in [0.25, 0.3) is 6.08 Å². The molecule has 1 saturated heterocycles. The third-order valence-corrected chi connectivity index (χ3v) is 5.57. The lowest BCUT2D eigenvalue weighted by Gasteiger charge is -2.17. The molecule has 36 heavy (non-hydrogen) atoms. The molecule has 1 aliphatic heterocycles. The van der Waals surface area contributed by atoms with Gasteiger partial charge >= 0.3 is 6.03 Å². The van der Waals surface area contributed by atoms with E-state index in [2.05, 4.69) is 11.9 Å². The number of hydrogen-bond donors (Lipinski definition) is 1. The summed E-state index contributed by atoms with van der Waals surface area (Å²) in [6, 6.07) is 18.6. The molecule has 1 heterocycles. The first-order valence-electron chi connectivity index (χ1n) is 11.6. The van der Waals surface area contributed by atoms with Gasteiger partial charge in [0.25, 0.3) is 5.91 Å². The minimum absolute atomic E-state index is 0.183. The summed E-state index contributed by atoms with van der Waals surface area (Å²) in [6.07, 6.45) is 3.87. The first kappa shape index (κ1) is 24.7. The van der Waals surface area contributed by atoms with Gasteiger partial charge in [0.05, 0.1) is 13.2 Å². The highest BCUT2D eigenvalue weighted by Gasteiger charge is 2.33. The van der Waals surface area contributed by atoms with Crippen LogP contribution in [0.3, 0.4) is 0 Å². The highest BCUT2D eigenvalue weighted by Crippen LogP contribution is 2.35. The standard InChI is InChI=1S/C29H27FN2O4/c1-3-8-23-15-22(16-25-28(33)32(29(34)31-25)18-20-9-6-5-7-10-20)17-26(35-4-2)27(23)36-19-21-11-13-24(30)14-12-21/h3,5-7,9-17H,1,4,8,18-19H2,2H3,(H,31,34)/b25-16+. The highest BCUT2D eigenvalue weighted by atomic mass is 19.1. The van der Waals surface area contributed by atoms with Gasteiger partial charge in [-0.15, -0.1) is 6.58 Å². The van der Waals surface area contributed by atoms with Crippen molar-refractivity contribution in [1.29, 1.82) is 0 Å². The van der Waals surface area contributed by atoms with Crippen LogP contribution in [0, 0.1) is 5.82 Å². The molecule has 3 amide bonds. The zero-order valence-corrected chi connectivity index (χ0v) is 20.0. The van der Waals surface area contributed by atoms with Gasteiger partial charge in [-0.2, -0.15) is 0 Å². The van der Waals surface area contributed by atoms with Gasteiger partial charge in [0, 0.05) is 5.56 Å². The summed E-state index contributed by atoms with van der Waals surface area (Å²) in [6.45, 7) is 6.52. The largest absolute Gasteiger partial charge is 0.490 e. The van der Waals surface area contributed by atoms with Crippen molar-refractivity contribution in [2.24, 2.45) is 0 Å². The second-order valence-electron chi connectivity index (χ2n) is 8.21. The number of nitrogens with zero attached hydrogens (tertiary/aromatic N) is 1. The van der Waals surface area contributed by atoms with Crippen LogP contribution in [0.1, 0.15) is 29.2 Å². The number of halogens is 1. The summed E-state index contributed by atoms with van der Waals surface area (Å²) in [5.41, 5.74) is 3.34. The van der Waals surface area contributed by atoms with Crippen LogP contribution in [0.4, 0.5) is 9.18 Å². The third kappa shape index (κ3) is 5.81. The van der Waals surface area contributed by atoms with Crippen LogP contribution in [-0.4, -0.2) is 23.4 Å². The Morgan fingerprint density at radius 2 is 1.75 bits per heavy atom. The number of nitrogens with one attached hydrogen (secondary N) is 1. The Morgan fingerprint density at radius 3 is 2.44 bits per heavy atom. The number of imide groups is 1. The Balaban J connectivity index is 1.61. The van der Waals surface area contributed by atoms with Gasteiger partial charge < -0.3 is 14.8 Å². The van der Waals surface area contributed by atoms with Crippen molar-refractivity contribution >= 4 is 18.0 Å². The molecule has 3 aromatic rings. The topological polar surface area (TPSA) is 67.9 Å². The summed E-state index contributed by atoms with van der Waals surface area (Å²) in [5, 5.41) is 2.67. The van der Waals surface area contributed by atoms with E-state index in [1.165, 1.54) is 17.0 Å². The predicted molar refractivity (Wildman–Crippen MR) is 136 cm³/mol. The van der Waals surface area contributed by atoms with Crippen molar-refractivity contribution in [2.45, 2.75) is 26.5 Å². The Bertz CT molecular complexity index is 1290. The summed E-state index contributed by atoms with van der Waals surface area (Å²) < 4.78 is 25.2. The Kier molecular flexibility index (Phi) is 7.80. The van der Waals surface area contributed by atoms with Gasteiger partial charge in [-0.1, -0.05) is 48.5 Å². The van der Waals surface area contributed by atoms with Gasteiger partial charge in [-0.25, -0.2) is 9.18 Å². The molecule has 1 fully saturated rings. The van der Waals surface area contributed by atoms with Crippen LogP contribution >= 0.6 is 0 Å². The number of ether oxygens (including phenoxy) is 2. The van der Waals surface area contributed by atoms with Crippen molar-refractivity contribution in [1.82, 2.24) is 10.2 Å². The molecule has 1 aliphatic rings. The van der Waals surface area contributed by atoms with Gasteiger partial charge in [-0.3, -0.25) is 9.69 Å².